The maximum absolute atomic E-state index is 13.3. The van der Waals surface area contributed by atoms with E-state index in [1.54, 1.807) is 29.4 Å². The molecule has 0 unspecified atom stereocenters. The number of esters is 1. The number of nitrogens with zero attached hydrogens (tertiary/aromatic N) is 2. The number of hydrogen-bond acceptors (Lipinski definition) is 8. The first-order valence-electron chi connectivity index (χ1n) is 15.8. The van der Waals surface area contributed by atoms with Crippen LogP contribution in [0.5, 0.6) is 0 Å². The van der Waals surface area contributed by atoms with Crippen molar-refractivity contribution in [2.45, 2.75) is 48.8 Å². The van der Waals surface area contributed by atoms with Gasteiger partial charge in [0.1, 0.15) is 0 Å². The lowest BCUT2D eigenvalue weighted by Crippen LogP contribution is -2.40. The minimum atomic E-state index is -3.84. The Morgan fingerprint density at radius 1 is 0.761 bits per heavy atom. The van der Waals surface area contributed by atoms with Crippen LogP contribution in [0, 0.1) is 11.8 Å². The van der Waals surface area contributed by atoms with Crippen LogP contribution in [-0.4, -0.2) is 76.5 Å². The summed E-state index contributed by atoms with van der Waals surface area (Å²) in [5.41, 5.74) is 2.08. The van der Waals surface area contributed by atoms with Gasteiger partial charge in [-0.15, -0.1) is 0 Å². The minimum Gasteiger partial charge on any atom is -0.466 e. The normalized spacial score (nSPS) is 17.4. The second kappa shape index (κ2) is 14.9. The van der Waals surface area contributed by atoms with Crippen LogP contribution in [0.1, 0.15) is 48.5 Å². The Morgan fingerprint density at radius 3 is 2.00 bits per heavy atom. The Balaban J connectivity index is 1.13. The van der Waals surface area contributed by atoms with Crippen LogP contribution in [0.2, 0.25) is 0 Å². The van der Waals surface area contributed by atoms with E-state index < -0.39 is 20.0 Å². The van der Waals surface area contributed by atoms with E-state index in [2.05, 4.69) is 17.4 Å². The lowest BCUT2D eigenvalue weighted by atomic mass is 9.91. The molecule has 2 aliphatic heterocycles. The van der Waals surface area contributed by atoms with Gasteiger partial charge in [-0.05, 0) is 86.9 Å². The number of sulfonamides is 2. The highest BCUT2D eigenvalue weighted by Crippen LogP contribution is 2.28. The predicted octanol–water partition coefficient (Wildman–Crippen LogP) is 4.59. The molecule has 0 amide bonds. The average molecular weight is 668 g/mol. The third-order valence-corrected chi connectivity index (χ3v) is 12.6. The Labute approximate surface area is 271 Å². The van der Waals surface area contributed by atoms with Crippen LogP contribution < -0.4 is 5.32 Å². The summed E-state index contributed by atoms with van der Waals surface area (Å²) in [4.78, 5) is 25.3. The number of ketones is 1. The Kier molecular flexibility index (Phi) is 10.9. The zero-order chi connectivity index (χ0) is 32.7. The molecule has 2 heterocycles. The minimum absolute atomic E-state index is 0.0200. The smallest absolute Gasteiger partial charge is 0.309 e. The molecular formula is C34H41N3O7S2. The van der Waals surface area contributed by atoms with E-state index in [1.807, 2.05) is 18.2 Å². The number of carbonyl (C=O) groups is 2. The number of Topliss-reactive ketones (excluding diaryl/α,β-unsaturated/α-hetero) is 1. The lowest BCUT2D eigenvalue weighted by Gasteiger charge is -2.31. The van der Waals surface area contributed by atoms with E-state index in [0.717, 1.165) is 19.3 Å². The third kappa shape index (κ3) is 8.03. The Hall–Kier alpha value is -3.58. The van der Waals surface area contributed by atoms with Gasteiger partial charge in [0.25, 0.3) is 0 Å². The molecule has 46 heavy (non-hydrogen) atoms. The summed E-state index contributed by atoms with van der Waals surface area (Å²) in [6.07, 6.45) is 3.34. The fourth-order valence-corrected chi connectivity index (χ4v) is 9.04. The van der Waals surface area contributed by atoms with Gasteiger partial charge in [-0.25, -0.2) is 16.8 Å². The second-order valence-electron chi connectivity index (χ2n) is 11.8. The number of carbonyl (C=O) groups excluding carboxylic acids is 2. The largest absolute Gasteiger partial charge is 0.466 e. The van der Waals surface area contributed by atoms with E-state index in [-0.39, 0.29) is 59.3 Å². The fraction of sp³-hybridized carbons (Fsp3) is 0.412. The van der Waals surface area contributed by atoms with E-state index in [0.29, 0.717) is 37.5 Å². The van der Waals surface area contributed by atoms with Gasteiger partial charge in [0, 0.05) is 37.4 Å². The molecule has 1 N–H and O–H groups in total. The molecule has 2 aliphatic rings. The monoisotopic (exact) mass is 667 g/mol. The van der Waals surface area contributed by atoms with Crippen molar-refractivity contribution < 1.29 is 31.2 Å². The molecule has 0 atom stereocenters. The van der Waals surface area contributed by atoms with Crippen molar-refractivity contribution >= 4 is 37.5 Å². The van der Waals surface area contributed by atoms with Crippen LogP contribution in [-0.2, 0) is 36.0 Å². The van der Waals surface area contributed by atoms with E-state index in [9.17, 15) is 26.4 Å². The summed E-state index contributed by atoms with van der Waals surface area (Å²) < 4.78 is 61.1. The van der Waals surface area contributed by atoms with Gasteiger partial charge in [0.05, 0.1) is 28.9 Å². The average Bonchev–Trinajstić information content (AvgIpc) is 3.08. The molecule has 0 saturated carbocycles. The number of ether oxygens (including phenoxy) is 1. The van der Waals surface area contributed by atoms with Gasteiger partial charge in [-0.3, -0.25) is 9.59 Å². The topological polar surface area (TPSA) is 130 Å². The quantitative estimate of drug-likeness (QED) is 0.219. The maximum Gasteiger partial charge on any atom is 0.309 e. The number of benzene rings is 3. The van der Waals surface area contributed by atoms with Crippen LogP contribution in [0.15, 0.2) is 88.7 Å². The molecule has 2 saturated heterocycles. The second-order valence-corrected chi connectivity index (χ2v) is 15.7. The van der Waals surface area contributed by atoms with Crippen LogP contribution in [0.4, 0.5) is 5.69 Å². The number of anilines is 1. The zero-order valence-electron chi connectivity index (χ0n) is 26.0. The SMILES string of the molecule is CCOC(=O)C1CCN(S(=O)(=O)c2cccc(C(=O)CNc3ccc(S(=O)(=O)N4CCC(Cc5ccccc5)CC4)cc3)c2)CC1. The lowest BCUT2D eigenvalue weighted by molar-refractivity contribution is -0.149. The molecule has 3 aromatic rings. The summed E-state index contributed by atoms with van der Waals surface area (Å²) in [7, 11) is -7.48. The molecule has 0 aromatic heterocycles. The molecular weight excluding hydrogens is 627 g/mol. The highest BCUT2D eigenvalue weighted by molar-refractivity contribution is 7.89. The maximum atomic E-state index is 13.3. The number of hydrogen-bond donors (Lipinski definition) is 1. The van der Waals surface area contributed by atoms with Crippen molar-refractivity contribution in [2.75, 3.05) is 44.6 Å². The summed E-state index contributed by atoms with van der Waals surface area (Å²) in [5.74, 6) is -0.477. The Morgan fingerprint density at radius 2 is 1.37 bits per heavy atom. The van der Waals surface area contributed by atoms with Crippen molar-refractivity contribution in [1.82, 2.24) is 8.61 Å². The molecule has 2 fully saturated rings. The molecule has 246 valence electrons. The summed E-state index contributed by atoms with van der Waals surface area (Å²) in [5, 5.41) is 3.02. The van der Waals surface area contributed by atoms with Crippen LogP contribution in [0.3, 0.4) is 0 Å². The van der Waals surface area contributed by atoms with Gasteiger partial charge in [-0.1, -0.05) is 42.5 Å². The summed E-state index contributed by atoms with van der Waals surface area (Å²) in [6.45, 7) is 3.28. The zero-order valence-corrected chi connectivity index (χ0v) is 27.6. The third-order valence-electron chi connectivity index (χ3n) is 8.75. The van der Waals surface area contributed by atoms with Gasteiger partial charge in [0.15, 0.2) is 5.78 Å². The van der Waals surface area contributed by atoms with E-state index in [1.165, 1.54) is 40.2 Å². The Bertz CT molecular complexity index is 1710. The van der Waals surface area contributed by atoms with E-state index >= 15 is 0 Å². The highest BCUT2D eigenvalue weighted by atomic mass is 32.2. The van der Waals surface area contributed by atoms with Gasteiger partial charge in [0.2, 0.25) is 20.0 Å². The first-order chi connectivity index (χ1) is 22.1. The molecule has 0 bridgehead atoms. The summed E-state index contributed by atoms with van der Waals surface area (Å²) in [6, 6.07) is 22.5. The van der Waals surface area contributed by atoms with Crippen molar-refractivity contribution in [3.8, 4) is 0 Å². The van der Waals surface area contributed by atoms with Crippen LogP contribution >= 0.6 is 0 Å². The van der Waals surface area contributed by atoms with Crippen LogP contribution in [0.25, 0.3) is 0 Å². The van der Waals surface area contributed by atoms with Gasteiger partial charge in [-0.2, -0.15) is 8.61 Å². The molecule has 5 rings (SSSR count). The van der Waals surface area contributed by atoms with Crippen molar-refractivity contribution in [3.05, 3.63) is 90.0 Å². The fourth-order valence-electron chi connectivity index (χ4n) is 6.05. The molecule has 10 nitrogen and oxygen atoms in total. The highest BCUT2D eigenvalue weighted by Gasteiger charge is 2.33. The first-order valence-corrected chi connectivity index (χ1v) is 18.6. The number of nitrogens with one attached hydrogen (secondary N) is 1. The molecule has 12 heteroatoms. The molecule has 0 spiro atoms. The molecule has 0 aliphatic carbocycles. The van der Waals surface area contributed by atoms with Crippen molar-refractivity contribution in [2.24, 2.45) is 11.8 Å². The standard InChI is InChI=1S/C34H41N3O7S2/c1-2-44-34(39)28-17-21-37(22-18-28)46(42,43)32-10-6-9-29(24-32)33(38)25-35-30-11-13-31(14-12-30)45(40,41)36-19-15-27(16-20-36)23-26-7-4-3-5-8-26/h3-14,24,27-28,35H,2,15-23,25H2,1H3. The van der Waals surface area contributed by atoms with Crippen molar-refractivity contribution in [1.29, 1.82) is 0 Å². The predicted molar refractivity (Wildman–Crippen MR) is 175 cm³/mol. The molecule has 3 aromatic carbocycles. The van der Waals surface area contributed by atoms with Gasteiger partial charge >= 0.3 is 5.97 Å². The van der Waals surface area contributed by atoms with E-state index in [4.69, 9.17) is 4.74 Å². The molecule has 0 radical (unpaired) electrons. The number of rotatable bonds is 12. The van der Waals surface area contributed by atoms with Gasteiger partial charge < -0.3 is 10.1 Å². The summed E-state index contributed by atoms with van der Waals surface area (Å²) >= 11 is 0. The van der Waals surface area contributed by atoms with Crippen molar-refractivity contribution in [3.63, 3.8) is 0 Å². The number of piperidine rings is 2. The first kappa shape index (κ1) is 33.8.